The molecule has 23 heavy (non-hydrogen) atoms. The summed E-state index contributed by atoms with van der Waals surface area (Å²) in [5.74, 6) is 2.06. The molecule has 0 spiro atoms. The van der Waals surface area contributed by atoms with Gasteiger partial charge < -0.3 is 19.5 Å². The number of carbonyl (C=O) groups is 1. The lowest BCUT2D eigenvalue weighted by molar-refractivity contribution is -0.121. The third-order valence-corrected chi connectivity index (χ3v) is 3.59. The standard InChI is InChI=1S/C17H16ClNO4/c18-13-2-4-14(5-3-13)21-8-7-17(20)19-10-12-1-6-15-16(9-12)23-11-22-15/h1-6,9H,7-8,10-11H2,(H,19,20). The molecule has 1 aliphatic heterocycles. The summed E-state index contributed by atoms with van der Waals surface area (Å²) in [5.41, 5.74) is 0.959. The molecule has 1 amide bonds. The van der Waals surface area contributed by atoms with Crippen molar-refractivity contribution >= 4 is 17.5 Å². The van der Waals surface area contributed by atoms with E-state index in [2.05, 4.69) is 5.32 Å². The van der Waals surface area contributed by atoms with E-state index in [1.54, 1.807) is 24.3 Å². The van der Waals surface area contributed by atoms with E-state index >= 15 is 0 Å². The summed E-state index contributed by atoms with van der Waals surface area (Å²) in [5, 5.41) is 3.50. The fourth-order valence-corrected chi connectivity index (χ4v) is 2.26. The number of benzene rings is 2. The molecule has 0 radical (unpaired) electrons. The van der Waals surface area contributed by atoms with Crippen molar-refractivity contribution < 1.29 is 19.0 Å². The molecular weight excluding hydrogens is 318 g/mol. The fourth-order valence-electron chi connectivity index (χ4n) is 2.13. The number of fused-ring (bicyclic) bond motifs is 1. The summed E-state index contributed by atoms with van der Waals surface area (Å²) in [4.78, 5) is 11.8. The van der Waals surface area contributed by atoms with Crippen LogP contribution >= 0.6 is 11.6 Å². The Morgan fingerprint density at radius 3 is 2.74 bits per heavy atom. The van der Waals surface area contributed by atoms with Crippen molar-refractivity contribution in [3.63, 3.8) is 0 Å². The van der Waals surface area contributed by atoms with E-state index in [4.69, 9.17) is 25.8 Å². The lowest BCUT2D eigenvalue weighted by Gasteiger charge is -2.08. The Hall–Kier alpha value is -2.40. The average molecular weight is 334 g/mol. The predicted molar refractivity (Wildman–Crippen MR) is 86.0 cm³/mol. The average Bonchev–Trinajstić information content (AvgIpc) is 3.02. The first-order valence-electron chi connectivity index (χ1n) is 7.24. The van der Waals surface area contributed by atoms with E-state index in [0.717, 1.165) is 11.3 Å². The molecule has 2 aromatic rings. The minimum atomic E-state index is -0.0726. The zero-order chi connectivity index (χ0) is 16.1. The third kappa shape index (κ3) is 4.29. The molecule has 0 aliphatic carbocycles. The maximum atomic E-state index is 11.8. The number of amides is 1. The Morgan fingerprint density at radius 2 is 1.91 bits per heavy atom. The first kappa shape index (κ1) is 15.5. The number of nitrogens with one attached hydrogen (secondary N) is 1. The largest absolute Gasteiger partial charge is 0.493 e. The second-order valence-electron chi connectivity index (χ2n) is 5.02. The number of rotatable bonds is 6. The van der Waals surface area contributed by atoms with Crippen LogP contribution in [0.15, 0.2) is 42.5 Å². The van der Waals surface area contributed by atoms with Crippen LogP contribution in [0, 0.1) is 0 Å². The molecule has 6 heteroatoms. The van der Waals surface area contributed by atoms with Gasteiger partial charge in [-0.05, 0) is 42.0 Å². The number of halogens is 1. The smallest absolute Gasteiger partial charge is 0.231 e. The van der Waals surface area contributed by atoms with Crippen LogP contribution in [0.3, 0.4) is 0 Å². The number of carbonyl (C=O) groups excluding carboxylic acids is 1. The predicted octanol–water partition coefficient (Wildman–Crippen LogP) is 3.15. The number of hydrogen-bond acceptors (Lipinski definition) is 4. The van der Waals surface area contributed by atoms with Gasteiger partial charge in [0.1, 0.15) is 5.75 Å². The second kappa shape index (κ2) is 7.24. The molecule has 0 fully saturated rings. The Morgan fingerprint density at radius 1 is 1.13 bits per heavy atom. The number of ether oxygens (including phenoxy) is 3. The topological polar surface area (TPSA) is 56.8 Å². The lowest BCUT2D eigenvalue weighted by Crippen LogP contribution is -2.24. The second-order valence-corrected chi connectivity index (χ2v) is 5.45. The minimum Gasteiger partial charge on any atom is -0.493 e. The Labute approximate surface area is 139 Å². The molecule has 3 rings (SSSR count). The lowest BCUT2D eigenvalue weighted by atomic mass is 10.2. The van der Waals surface area contributed by atoms with Gasteiger partial charge in [-0.3, -0.25) is 4.79 Å². The van der Waals surface area contributed by atoms with Gasteiger partial charge in [0.25, 0.3) is 0 Å². The highest BCUT2D eigenvalue weighted by Gasteiger charge is 2.13. The Bertz CT molecular complexity index is 687. The highest BCUT2D eigenvalue weighted by atomic mass is 35.5. The molecule has 120 valence electrons. The molecule has 5 nitrogen and oxygen atoms in total. The number of hydrogen-bond donors (Lipinski definition) is 1. The molecule has 1 heterocycles. The molecule has 1 aliphatic rings. The quantitative estimate of drug-likeness (QED) is 0.882. The molecule has 0 aromatic heterocycles. The maximum absolute atomic E-state index is 11.8. The molecule has 0 bridgehead atoms. The molecule has 0 atom stereocenters. The van der Waals surface area contributed by atoms with Crippen LogP contribution in [0.25, 0.3) is 0 Å². The summed E-state index contributed by atoms with van der Waals surface area (Å²) in [6, 6.07) is 12.6. The highest BCUT2D eigenvalue weighted by Crippen LogP contribution is 2.32. The van der Waals surface area contributed by atoms with Gasteiger partial charge in [0.2, 0.25) is 12.7 Å². The van der Waals surface area contributed by atoms with Crippen LogP contribution in [0.4, 0.5) is 0 Å². The van der Waals surface area contributed by atoms with Gasteiger partial charge in [0.15, 0.2) is 11.5 Å². The van der Waals surface area contributed by atoms with Crippen LogP contribution in [0.5, 0.6) is 17.2 Å². The van der Waals surface area contributed by atoms with Crippen molar-refractivity contribution in [2.24, 2.45) is 0 Å². The summed E-state index contributed by atoms with van der Waals surface area (Å²) in [6.07, 6.45) is 0.285. The Kier molecular flexibility index (Phi) is 4.88. The van der Waals surface area contributed by atoms with Gasteiger partial charge in [-0.25, -0.2) is 0 Å². The van der Waals surface area contributed by atoms with E-state index in [9.17, 15) is 4.79 Å². The zero-order valence-corrected chi connectivity index (χ0v) is 13.1. The van der Waals surface area contributed by atoms with Crippen molar-refractivity contribution in [2.75, 3.05) is 13.4 Å². The summed E-state index contributed by atoms with van der Waals surface area (Å²) in [7, 11) is 0. The maximum Gasteiger partial charge on any atom is 0.231 e. The van der Waals surface area contributed by atoms with Crippen molar-refractivity contribution in [3.05, 3.63) is 53.1 Å². The van der Waals surface area contributed by atoms with Gasteiger partial charge in [-0.2, -0.15) is 0 Å². The molecular formula is C17H16ClNO4. The van der Waals surface area contributed by atoms with Crippen molar-refractivity contribution in [1.29, 1.82) is 0 Å². The van der Waals surface area contributed by atoms with Gasteiger partial charge in [0.05, 0.1) is 13.0 Å². The van der Waals surface area contributed by atoms with E-state index in [-0.39, 0.29) is 19.1 Å². The van der Waals surface area contributed by atoms with Gasteiger partial charge in [-0.1, -0.05) is 17.7 Å². The van der Waals surface area contributed by atoms with Crippen LogP contribution in [0.1, 0.15) is 12.0 Å². The summed E-state index contributed by atoms with van der Waals surface area (Å²) < 4.78 is 16.0. The normalized spacial score (nSPS) is 12.0. The highest BCUT2D eigenvalue weighted by molar-refractivity contribution is 6.30. The van der Waals surface area contributed by atoms with Crippen LogP contribution in [-0.4, -0.2) is 19.3 Å². The molecule has 1 N–H and O–H groups in total. The van der Waals surface area contributed by atoms with Crippen LogP contribution in [-0.2, 0) is 11.3 Å². The van der Waals surface area contributed by atoms with Crippen molar-refractivity contribution in [2.45, 2.75) is 13.0 Å². The Balaban J connectivity index is 1.40. The molecule has 0 saturated heterocycles. The van der Waals surface area contributed by atoms with E-state index < -0.39 is 0 Å². The van der Waals surface area contributed by atoms with Gasteiger partial charge in [-0.15, -0.1) is 0 Å². The van der Waals surface area contributed by atoms with Crippen molar-refractivity contribution in [1.82, 2.24) is 5.32 Å². The SMILES string of the molecule is O=C(CCOc1ccc(Cl)cc1)NCc1ccc2c(c1)OCO2. The monoisotopic (exact) mass is 333 g/mol. The first-order chi connectivity index (χ1) is 11.2. The van der Waals surface area contributed by atoms with Crippen LogP contribution < -0.4 is 19.5 Å². The summed E-state index contributed by atoms with van der Waals surface area (Å²) in [6.45, 7) is 0.998. The minimum absolute atomic E-state index is 0.0726. The summed E-state index contributed by atoms with van der Waals surface area (Å²) >= 11 is 5.79. The van der Waals surface area contributed by atoms with E-state index in [1.165, 1.54) is 0 Å². The molecule has 0 saturated carbocycles. The molecule has 2 aromatic carbocycles. The van der Waals surface area contributed by atoms with Crippen molar-refractivity contribution in [3.8, 4) is 17.2 Å². The van der Waals surface area contributed by atoms with E-state index in [0.29, 0.717) is 29.7 Å². The van der Waals surface area contributed by atoms with E-state index in [1.807, 2.05) is 18.2 Å². The van der Waals surface area contributed by atoms with Crippen LogP contribution in [0.2, 0.25) is 5.02 Å². The van der Waals surface area contributed by atoms with Gasteiger partial charge in [0, 0.05) is 11.6 Å². The first-order valence-corrected chi connectivity index (χ1v) is 7.62. The third-order valence-electron chi connectivity index (χ3n) is 3.34. The fraction of sp³-hybridized carbons (Fsp3) is 0.235. The zero-order valence-electron chi connectivity index (χ0n) is 12.4. The van der Waals surface area contributed by atoms with Gasteiger partial charge >= 0.3 is 0 Å². The molecule has 0 unspecified atom stereocenters.